The highest BCUT2D eigenvalue weighted by Crippen LogP contribution is 2.24. The Labute approximate surface area is 85.5 Å². The number of ether oxygens (including phenoxy) is 1. The molecule has 0 bridgehead atoms. The molecule has 2 rings (SSSR count). The summed E-state index contributed by atoms with van der Waals surface area (Å²) >= 11 is 0. The molecule has 0 amide bonds. The molecule has 2 aliphatic rings. The van der Waals surface area contributed by atoms with Crippen LogP contribution in [-0.4, -0.2) is 61.2 Å². The third-order valence-electron chi connectivity index (χ3n) is 2.84. The molecule has 0 saturated carbocycles. The first-order valence-electron chi connectivity index (χ1n) is 5.23. The van der Waals surface area contributed by atoms with Gasteiger partial charge < -0.3 is 14.5 Å². The topological polar surface area (TPSA) is 28.1 Å². The van der Waals surface area contributed by atoms with Crippen molar-refractivity contribution >= 4 is 6.02 Å². The number of fused-ring (bicyclic) bond motifs is 1. The van der Waals surface area contributed by atoms with Crippen LogP contribution in [0.5, 0.6) is 0 Å². The zero-order valence-electron chi connectivity index (χ0n) is 9.40. The standard InChI is InChI=1S/C10H19N3O/c1-7(2)11-10-13(4)8-5-12(3)6-9(8)14-10/h7-9H,5-6H2,1-4H3. The number of hydrogen-bond donors (Lipinski definition) is 0. The number of hydrogen-bond acceptors (Lipinski definition) is 3. The predicted octanol–water partition coefficient (Wildman–Crippen LogP) is 0.395. The molecule has 2 atom stereocenters. The molecule has 4 nitrogen and oxygen atoms in total. The number of rotatable bonds is 1. The highest BCUT2D eigenvalue weighted by atomic mass is 16.5. The largest absolute Gasteiger partial charge is 0.458 e. The van der Waals surface area contributed by atoms with E-state index in [4.69, 9.17) is 4.74 Å². The maximum Gasteiger partial charge on any atom is 0.288 e. The van der Waals surface area contributed by atoms with Crippen molar-refractivity contribution in [3.8, 4) is 0 Å². The minimum atomic E-state index is 0.309. The van der Waals surface area contributed by atoms with E-state index in [0.29, 0.717) is 18.2 Å². The summed E-state index contributed by atoms with van der Waals surface area (Å²) < 4.78 is 5.81. The lowest BCUT2D eigenvalue weighted by Gasteiger charge is -2.18. The van der Waals surface area contributed by atoms with E-state index < -0.39 is 0 Å². The van der Waals surface area contributed by atoms with E-state index in [9.17, 15) is 0 Å². The molecule has 0 radical (unpaired) electrons. The summed E-state index contributed by atoms with van der Waals surface area (Å²) in [5.41, 5.74) is 0. The van der Waals surface area contributed by atoms with Gasteiger partial charge in [-0.2, -0.15) is 0 Å². The Hall–Kier alpha value is -0.770. The van der Waals surface area contributed by atoms with Crippen molar-refractivity contribution in [1.29, 1.82) is 0 Å². The van der Waals surface area contributed by atoms with Gasteiger partial charge in [0.1, 0.15) is 6.10 Å². The normalized spacial score (nSPS) is 35.5. The Morgan fingerprint density at radius 1 is 1.36 bits per heavy atom. The molecule has 0 aliphatic carbocycles. The number of aliphatic imine (C=N–C) groups is 1. The number of amidine groups is 1. The Balaban J connectivity index is 2.09. The molecule has 14 heavy (non-hydrogen) atoms. The molecule has 4 heteroatoms. The molecule has 80 valence electrons. The van der Waals surface area contributed by atoms with E-state index in [-0.39, 0.29) is 0 Å². The van der Waals surface area contributed by atoms with Gasteiger partial charge in [0.15, 0.2) is 0 Å². The first-order valence-corrected chi connectivity index (χ1v) is 5.23. The van der Waals surface area contributed by atoms with Crippen LogP contribution in [-0.2, 0) is 4.74 Å². The van der Waals surface area contributed by atoms with Crippen molar-refractivity contribution < 1.29 is 4.74 Å². The second-order valence-electron chi connectivity index (χ2n) is 4.56. The third kappa shape index (κ3) is 1.59. The SMILES string of the molecule is CC(C)N=C1OC2CN(C)CC2N1C. The molecule has 2 saturated heterocycles. The van der Waals surface area contributed by atoms with Crippen molar-refractivity contribution in [3.05, 3.63) is 0 Å². The van der Waals surface area contributed by atoms with E-state index in [1.54, 1.807) is 0 Å². The highest BCUT2D eigenvalue weighted by molar-refractivity contribution is 5.76. The lowest BCUT2D eigenvalue weighted by molar-refractivity contribution is 0.213. The lowest BCUT2D eigenvalue weighted by atomic mass is 10.2. The summed E-state index contributed by atoms with van der Waals surface area (Å²) in [6, 6.07) is 1.63. The fourth-order valence-corrected chi connectivity index (χ4v) is 2.13. The average molecular weight is 197 g/mol. The Kier molecular flexibility index (Phi) is 2.39. The molecule has 0 aromatic rings. The minimum Gasteiger partial charge on any atom is -0.458 e. The van der Waals surface area contributed by atoms with Crippen molar-refractivity contribution in [1.82, 2.24) is 9.80 Å². The van der Waals surface area contributed by atoms with E-state index in [0.717, 1.165) is 19.1 Å². The van der Waals surface area contributed by atoms with Gasteiger partial charge in [0.05, 0.1) is 6.04 Å². The maximum atomic E-state index is 5.81. The molecule has 2 unspecified atom stereocenters. The Morgan fingerprint density at radius 2 is 2.07 bits per heavy atom. The van der Waals surface area contributed by atoms with Crippen molar-refractivity contribution in [2.24, 2.45) is 4.99 Å². The van der Waals surface area contributed by atoms with E-state index >= 15 is 0 Å². The summed E-state index contributed by atoms with van der Waals surface area (Å²) in [4.78, 5) is 8.95. The van der Waals surface area contributed by atoms with Crippen LogP contribution in [0.1, 0.15) is 13.8 Å². The number of likely N-dealkylation sites (N-methyl/N-ethyl adjacent to an activating group) is 2. The monoisotopic (exact) mass is 197 g/mol. The maximum absolute atomic E-state index is 5.81. The third-order valence-corrected chi connectivity index (χ3v) is 2.84. The quantitative estimate of drug-likeness (QED) is 0.609. The van der Waals surface area contributed by atoms with Gasteiger partial charge in [-0.15, -0.1) is 0 Å². The van der Waals surface area contributed by atoms with Gasteiger partial charge >= 0.3 is 0 Å². The molecule has 0 N–H and O–H groups in total. The minimum absolute atomic E-state index is 0.309. The van der Waals surface area contributed by atoms with Crippen LogP contribution in [0.3, 0.4) is 0 Å². The molecule has 2 heterocycles. The first-order chi connectivity index (χ1) is 6.58. The average Bonchev–Trinajstić information content (AvgIpc) is 2.53. The van der Waals surface area contributed by atoms with E-state index in [2.05, 4.69) is 42.7 Å². The van der Waals surface area contributed by atoms with Crippen LogP contribution >= 0.6 is 0 Å². The number of likely N-dealkylation sites (tertiary alicyclic amines) is 1. The molecule has 2 aliphatic heterocycles. The van der Waals surface area contributed by atoms with Gasteiger partial charge in [0.25, 0.3) is 6.02 Å². The van der Waals surface area contributed by atoms with Crippen LogP contribution in [0.15, 0.2) is 4.99 Å². The molecule has 0 spiro atoms. The van der Waals surface area contributed by atoms with Gasteiger partial charge in [0, 0.05) is 26.2 Å². The van der Waals surface area contributed by atoms with Gasteiger partial charge in [-0.05, 0) is 20.9 Å². The lowest BCUT2D eigenvalue weighted by Crippen LogP contribution is -2.34. The van der Waals surface area contributed by atoms with Gasteiger partial charge in [-0.1, -0.05) is 0 Å². The highest BCUT2D eigenvalue weighted by Gasteiger charge is 2.43. The summed E-state index contributed by atoms with van der Waals surface area (Å²) in [7, 11) is 4.21. The fraction of sp³-hybridized carbons (Fsp3) is 0.900. The Morgan fingerprint density at radius 3 is 2.64 bits per heavy atom. The molecular weight excluding hydrogens is 178 g/mol. The zero-order chi connectivity index (χ0) is 10.3. The zero-order valence-corrected chi connectivity index (χ0v) is 9.40. The smallest absolute Gasteiger partial charge is 0.288 e. The fourth-order valence-electron chi connectivity index (χ4n) is 2.13. The first kappa shape index (κ1) is 9.77. The van der Waals surface area contributed by atoms with Crippen LogP contribution < -0.4 is 0 Å². The predicted molar refractivity (Wildman–Crippen MR) is 56.5 cm³/mol. The van der Waals surface area contributed by atoms with Gasteiger partial charge in [0.2, 0.25) is 0 Å². The summed E-state index contributed by atoms with van der Waals surface area (Å²) in [6.45, 7) is 6.25. The van der Waals surface area contributed by atoms with Crippen LogP contribution in [0.4, 0.5) is 0 Å². The van der Waals surface area contributed by atoms with E-state index in [1.807, 2.05) is 0 Å². The van der Waals surface area contributed by atoms with E-state index in [1.165, 1.54) is 0 Å². The summed E-state index contributed by atoms with van der Waals surface area (Å²) in [6.07, 6.45) is 0.322. The van der Waals surface area contributed by atoms with Gasteiger partial charge in [-0.3, -0.25) is 0 Å². The second-order valence-corrected chi connectivity index (χ2v) is 4.56. The van der Waals surface area contributed by atoms with Gasteiger partial charge in [-0.25, -0.2) is 4.99 Å². The molecule has 0 aromatic heterocycles. The van der Waals surface area contributed by atoms with Crippen LogP contribution in [0, 0.1) is 0 Å². The summed E-state index contributed by atoms with van der Waals surface area (Å²) in [5.74, 6) is 0. The van der Waals surface area contributed by atoms with Crippen molar-refractivity contribution in [2.75, 3.05) is 27.2 Å². The van der Waals surface area contributed by atoms with Crippen molar-refractivity contribution in [3.63, 3.8) is 0 Å². The molecule has 2 fully saturated rings. The number of nitrogens with zero attached hydrogens (tertiary/aromatic N) is 3. The summed E-state index contributed by atoms with van der Waals surface area (Å²) in [5, 5.41) is 0. The van der Waals surface area contributed by atoms with Crippen molar-refractivity contribution in [2.45, 2.75) is 32.0 Å². The van der Waals surface area contributed by atoms with Crippen LogP contribution in [0.25, 0.3) is 0 Å². The van der Waals surface area contributed by atoms with Crippen LogP contribution in [0.2, 0.25) is 0 Å². The Bertz CT molecular complexity index is 252. The second kappa shape index (κ2) is 3.42. The molecular formula is C10H19N3O. The molecule has 0 aromatic carbocycles.